The number of ether oxygens (including phenoxy) is 1. The van der Waals surface area contributed by atoms with Gasteiger partial charge in [-0.25, -0.2) is 15.0 Å². The maximum Gasteiger partial charge on any atom is 0.208 e. The van der Waals surface area contributed by atoms with Crippen molar-refractivity contribution in [3.05, 3.63) is 12.7 Å². The summed E-state index contributed by atoms with van der Waals surface area (Å²) in [5.74, 6) is 0.681. The van der Waals surface area contributed by atoms with E-state index in [2.05, 4.69) is 27.6 Å². The molecule has 1 aliphatic heterocycles. The third kappa shape index (κ3) is 11.1. The Morgan fingerprint density at radius 1 is 1.17 bits per heavy atom. The molecule has 0 aromatic heterocycles. The molecular weight excluding hydrogens is 226 g/mol. The molecule has 0 bridgehead atoms. The highest BCUT2D eigenvalue weighted by molar-refractivity contribution is 5.87. The Bertz CT molecular complexity index is 332. The first-order chi connectivity index (χ1) is 8.14. The van der Waals surface area contributed by atoms with Crippen molar-refractivity contribution in [2.75, 3.05) is 13.2 Å². The zero-order valence-electron chi connectivity index (χ0n) is 12.4. The average Bonchev–Trinajstić information content (AvgIpc) is 2.66. The molecule has 0 spiro atoms. The molecule has 0 aliphatic carbocycles. The van der Waals surface area contributed by atoms with Crippen LogP contribution >= 0.6 is 0 Å². The number of aliphatic imine (C=N–C) groups is 3. The van der Waals surface area contributed by atoms with Gasteiger partial charge in [0.15, 0.2) is 0 Å². The summed E-state index contributed by atoms with van der Waals surface area (Å²) in [5, 5.41) is 0. The van der Waals surface area contributed by atoms with Gasteiger partial charge in [-0.05, 0) is 47.6 Å². The number of hydrogen-bond donors (Lipinski definition) is 0. The van der Waals surface area contributed by atoms with Crippen LogP contribution in [0.5, 0.6) is 0 Å². The van der Waals surface area contributed by atoms with Gasteiger partial charge in [0.25, 0.3) is 0 Å². The Labute approximate surface area is 111 Å². The van der Waals surface area contributed by atoms with Crippen molar-refractivity contribution in [2.24, 2.45) is 15.0 Å². The first-order valence-corrected chi connectivity index (χ1v) is 6.12. The third-order valence-corrected chi connectivity index (χ3v) is 1.55. The van der Waals surface area contributed by atoms with Crippen LogP contribution < -0.4 is 0 Å². The Kier molecular flexibility index (Phi) is 6.56. The highest BCUT2D eigenvalue weighted by Crippen LogP contribution is 2.06. The molecule has 1 aliphatic rings. The summed E-state index contributed by atoms with van der Waals surface area (Å²) in [6.07, 6.45) is 1.62. The van der Waals surface area contributed by atoms with Gasteiger partial charge in [0.05, 0.1) is 23.6 Å². The summed E-state index contributed by atoms with van der Waals surface area (Å²) in [6, 6.07) is 2.72. The van der Waals surface area contributed by atoms with Gasteiger partial charge in [0.1, 0.15) is 6.61 Å². The number of nitrogens with zero attached hydrogens (tertiary/aromatic N) is 3. The Hall–Kier alpha value is -1.41. The fourth-order valence-corrected chi connectivity index (χ4v) is 0.800. The SMILES string of the molecule is C=CC1=NCCO1.CC(C)(C)N=C=NC(C)(C)C. The molecule has 0 fully saturated rings. The highest BCUT2D eigenvalue weighted by atomic mass is 16.5. The Morgan fingerprint density at radius 3 is 1.89 bits per heavy atom. The van der Waals surface area contributed by atoms with E-state index in [1.807, 2.05) is 41.5 Å². The van der Waals surface area contributed by atoms with Gasteiger partial charge in [-0.1, -0.05) is 6.58 Å². The van der Waals surface area contributed by atoms with Gasteiger partial charge in [-0.15, -0.1) is 0 Å². The van der Waals surface area contributed by atoms with E-state index >= 15 is 0 Å². The van der Waals surface area contributed by atoms with Crippen LogP contribution in [0.4, 0.5) is 0 Å². The molecular formula is C14H25N3O. The molecule has 0 aromatic carbocycles. The predicted molar refractivity (Wildman–Crippen MR) is 77.8 cm³/mol. The summed E-state index contributed by atoms with van der Waals surface area (Å²) >= 11 is 0. The van der Waals surface area contributed by atoms with Crippen LogP contribution in [0.3, 0.4) is 0 Å². The molecule has 0 radical (unpaired) electrons. The molecule has 4 heteroatoms. The standard InChI is InChI=1S/C9H18N2.C5H7NO/c1-8(2,3)10-7-11-9(4,5)6;1-2-5-6-3-4-7-5/h1-6H3;2H,1,3-4H2. The Balaban J connectivity index is 0.000000351. The summed E-state index contributed by atoms with van der Waals surface area (Å²) in [5.41, 5.74) is -0.122. The van der Waals surface area contributed by atoms with Crippen molar-refractivity contribution < 1.29 is 4.74 Å². The molecule has 1 heterocycles. The number of hydrogen-bond acceptors (Lipinski definition) is 4. The Morgan fingerprint density at radius 2 is 1.67 bits per heavy atom. The minimum Gasteiger partial charge on any atom is -0.476 e. The van der Waals surface area contributed by atoms with E-state index in [0.29, 0.717) is 5.90 Å². The summed E-state index contributed by atoms with van der Waals surface area (Å²) in [7, 11) is 0. The predicted octanol–water partition coefficient (Wildman–Crippen LogP) is 3.36. The van der Waals surface area contributed by atoms with E-state index in [-0.39, 0.29) is 11.1 Å². The molecule has 4 nitrogen and oxygen atoms in total. The lowest BCUT2D eigenvalue weighted by atomic mass is 10.1. The fourth-order valence-electron chi connectivity index (χ4n) is 0.800. The second-order valence-electron chi connectivity index (χ2n) is 5.94. The molecule has 18 heavy (non-hydrogen) atoms. The van der Waals surface area contributed by atoms with Gasteiger partial charge in [0.2, 0.25) is 5.90 Å². The minimum absolute atomic E-state index is 0.0608. The molecule has 0 amide bonds. The molecule has 0 unspecified atom stereocenters. The normalized spacial score (nSPS) is 14.4. The van der Waals surface area contributed by atoms with E-state index in [0.717, 1.165) is 13.2 Å². The van der Waals surface area contributed by atoms with Crippen LogP contribution in [0.1, 0.15) is 41.5 Å². The van der Waals surface area contributed by atoms with Gasteiger partial charge in [-0.2, -0.15) is 0 Å². The fraction of sp³-hybridized carbons (Fsp3) is 0.714. The van der Waals surface area contributed by atoms with E-state index in [9.17, 15) is 0 Å². The molecule has 0 aromatic rings. The molecule has 0 saturated heterocycles. The monoisotopic (exact) mass is 251 g/mol. The first kappa shape index (κ1) is 16.6. The zero-order valence-corrected chi connectivity index (χ0v) is 12.4. The van der Waals surface area contributed by atoms with Crippen molar-refractivity contribution >= 4 is 11.9 Å². The van der Waals surface area contributed by atoms with E-state index in [1.54, 1.807) is 6.08 Å². The zero-order chi connectivity index (χ0) is 14.2. The van der Waals surface area contributed by atoms with Gasteiger partial charge >= 0.3 is 0 Å². The molecule has 0 N–H and O–H groups in total. The third-order valence-electron chi connectivity index (χ3n) is 1.55. The quantitative estimate of drug-likeness (QED) is 0.659. The second-order valence-corrected chi connectivity index (χ2v) is 5.94. The van der Waals surface area contributed by atoms with Crippen molar-refractivity contribution in [3.63, 3.8) is 0 Å². The second kappa shape index (κ2) is 7.12. The number of rotatable bonds is 1. The van der Waals surface area contributed by atoms with Crippen LogP contribution in [0, 0.1) is 0 Å². The molecule has 0 atom stereocenters. The van der Waals surface area contributed by atoms with E-state index in [1.165, 1.54) is 0 Å². The summed E-state index contributed by atoms with van der Waals surface area (Å²) in [6.45, 7) is 17.2. The van der Waals surface area contributed by atoms with E-state index < -0.39 is 0 Å². The highest BCUT2D eigenvalue weighted by Gasteiger charge is 2.07. The molecule has 0 saturated carbocycles. The van der Waals surface area contributed by atoms with Crippen LogP contribution in [0.25, 0.3) is 0 Å². The van der Waals surface area contributed by atoms with E-state index in [4.69, 9.17) is 4.74 Å². The molecule has 1 rings (SSSR count). The van der Waals surface area contributed by atoms with Gasteiger partial charge < -0.3 is 4.74 Å². The van der Waals surface area contributed by atoms with Crippen molar-refractivity contribution in [2.45, 2.75) is 52.6 Å². The lowest BCUT2D eigenvalue weighted by Gasteiger charge is -2.10. The molecule has 102 valence electrons. The van der Waals surface area contributed by atoms with Crippen molar-refractivity contribution in [1.29, 1.82) is 0 Å². The average molecular weight is 251 g/mol. The topological polar surface area (TPSA) is 46.3 Å². The summed E-state index contributed by atoms with van der Waals surface area (Å²) in [4.78, 5) is 12.2. The van der Waals surface area contributed by atoms with Crippen LogP contribution in [0.2, 0.25) is 0 Å². The maximum atomic E-state index is 4.93. The van der Waals surface area contributed by atoms with Gasteiger partial charge in [-0.3, -0.25) is 0 Å². The van der Waals surface area contributed by atoms with Gasteiger partial charge in [0, 0.05) is 0 Å². The first-order valence-electron chi connectivity index (χ1n) is 6.12. The van der Waals surface area contributed by atoms with Crippen molar-refractivity contribution in [3.8, 4) is 0 Å². The largest absolute Gasteiger partial charge is 0.476 e. The lowest BCUT2D eigenvalue weighted by Crippen LogP contribution is -2.11. The minimum atomic E-state index is -0.0608. The smallest absolute Gasteiger partial charge is 0.208 e. The summed E-state index contributed by atoms with van der Waals surface area (Å²) < 4.78 is 4.93. The maximum absolute atomic E-state index is 4.93. The van der Waals surface area contributed by atoms with Crippen LogP contribution in [0.15, 0.2) is 27.6 Å². The lowest BCUT2D eigenvalue weighted by molar-refractivity contribution is 0.350. The van der Waals surface area contributed by atoms with Crippen LogP contribution in [-0.4, -0.2) is 36.1 Å². The van der Waals surface area contributed by atoms with Crippen molar-refractivity contribution in [1.82, 2.24) is 0 Å². The van der Waals surface area contributed by atoms with Crippen LogP contribution in [-0.2, 0) is 4.74 Å².